The minimum absolute atomic E-state index is 0. The number of rotatable bonds is 0. The van der Waals surface area contributed by atoms with Gasteiger partial charge in [0.05, 0.1) is 0 Å². The van der Waals surface area contributed by atoms with Gasteiger partial charge in [-0.1, -0.05) is 0 Å². The quantitative estimate of drug-likeness (QED) is 0.291. The summed E-state index contributed by atoms with van der Waals surface area (Å²) in [6, 6.07) is 0. The monoisotopic (exact) mass is 198 g/mol. The molecule has 0 atom stereocenters. The molecule has 8 heteroatoms. The van der Waals surface area contributed by atoms with Crippen LogP contribution in [-0.2, 0) is 26.3 Å². The van der Waals surface area contributed by atoms with Gasteiger partial charge in [-0.05, 0) is 0 Å². The van der Waals surface area contributed by atoms with Crippen LogP contribution in [0.15, 0.2) is 0 Å². The van der Waals surface area contributed by atoms with Crippen molar-refractivity contribution in [1.82, 2.24) is 0 Å². The molecule has 0 saturated heterocycles. The van der Waals surface area contributed by atoms with Crippen LogP contribution in [0.25, 0.3) is 0 Å². The molecule has 4 nitrogen and oxygen atoms in total. The Morgan fingerprint density at radius 3 is 1.00 bits per heavy atom. The maximum absolute atomic E-state index is 8.88. The molecule has 0 aliphatic carbocycles. The molecule has 0 aliphatic rings. The zero-order valence-electron chi connectivity index (χ0n) is 2.70. The van der Waals surface area contributed by atoms with E-state index in [1.165, 1.54) is 0 Å². The minimum Gasteiger partial charge on any atom is -0.303 e. The van der Waals surface area contributed by atoms with E-state index in [0.717, 1.165) is 0 Å². The van der Waals surface area contributed by atoms with Crippen LogP contribution in [0.4, 0.5) is 0 Å². The molecule has 0 aliphatic heterocycles. The molecule has 0 rings (SSSR count). The van der Waals surface area contributed by atoms with Crippen molar-refractivity contribution in [2.75, 3.05) is 0 Å². The Morgan fingerprint density at radius 2 is 1.00 bits per heavy atom. The van der Waals surface area contributed by atoms with Gasteiger partial charge in [-0.3, -0.25) is 0 Å². The summed E-state index contributed by atoms with van der Waals surface area (Å²) in [6.07, 6.45) is 0. The average molecular weight is 199 g/mol. The molecule has 8 heavy (non-hydrogen) atoms. The molecule has 0 amide bonds. The standard InChI is InChI=1S/2Mg.H3O4P.Ti.4H/c;;1-5(2,3)4;;;;;/h;;(H3,1,2,3,4);;;;;. The van der Waals surface area contributed by atoms with Crippen molar-refractivity contribution in [2.45, 2.75) is 0 Å². The van der Waals surface area contributed by atoms with Crippen molar-refractivity contribution in [2.24, 2.45) is 0 Å². The number of phosphoric acid groups is 1. The van der Waals surface area contributed by atoms with Crippen LogP contribution in [0, 0.1) is 0 Å². The van der Waals surface area contributed by atoms with Crippen molar-refractivity contribution in [3.8, 4) is 0 Å². The van der Waals surface area contributed by atoms with Gasteiger partial charge in [-0.2, -0.15) is 0 Å². The fourth-order valence-electron chi connectivity index (χ4n) is 0. The molecule has 3 N–H and O–H groups in total. The van der Waals surface area contributed by atoms with Crippen molar-refractivity contribution in [3.05, 3.63) is 0 Å². The Kier molecular flexibility index (Phi) is 26.2. The first-order valence-corrected chi connectivity index (χ1v) is 2.35. The van der Waals surface area contributed by atoms with Gasteiger partial charge >= 0.3 is 53.9 Å². The van der Waals surface area contributed by atoms with Gasteiger partial charge in [0.1, 0.15) is 0 Å². The maximum Gasteiger partial charge on any atom is 0.466 e. The largest absolute Gasteiger partial charge is 0.466 e. The van der Waals surface area contributed by atoms with Crippen molar-refractivity contribution >= 4 is 53.9 Å². The van der Waals surface area contributed by atoms with E-state index < -0.39 is 7.82 Å². The zero-order chi connectivity index (χ0) is 4.50. The molecule has 0 heterocycles. The van der Waals surface area contributed by atoms with Crippen LogP contribution in [0.5, 0.6) is 0 Å². The molecule has 0 radical (unpaired) electrons. The molecular weight excluding hydrogens is 191 g/mol. The summed E-state index contributed by atoms with van der Waals surface area (Å²) in [7, 11) is -4.64. The first-order chi connectivity index (χ1) is 2.00. The van der Waals surface area contributed by atoms with Gasteiger partial charge in [0.15, 0.2) is 0 Å². The van der Waals surface area contributed by atoms with Crippen LogP contribution in [0.3, 0.4) is 0 Å². The van der Waals surface area contributed by atoms with Gasteiger partial charge in [0, 0.05) is 21.7 Å². The first kappa shape index (κ1) is 22.4. The average Bonchev–Trinajstić information content (AvgIpc) is 0.722. The van der Waals surface area contributed by atoms with Crippen LogP contribution >= 0.6 is 7.82 Å². The summed E-state index contributed by atoms with van der Waals surface area (Å²) < 4.78 is 8.88. The minimum atomic E-state index is -4.64. The van der Waals surface area contributed by atoms with Gasteiger partial charge in [0.25, 0.3) is 0 Å². The van der Waals surface area contributed by atoms with Crippen LogP contribution < -0.4 is 0 Å². The van der Waals surface area contributed by atoms with E-state index in [4.69, 9.17) is 19.2 Å². The molecule has 0 aromatic rings. The molecule has 0 fully saturated rings. The maximum atomic E-state index is 8.88. The second-order valence-corrected chi connectivity index (χ2v) is 1.54. The zero-order valence-corrected chi connectivity index (χ0v) is 5.15. The summed E-state index contributed by atoms with van der Waals surface area (Å²) in [5.74, 6) is 0. The van der Waals surface area contributed by atoms with E-state index in [2.05, 4.69) is 0 Å². The molecule has 0 spiro atoms. The predicted octanol–water partition coefficient (Wildman–Crippen LogP) is -2.76. The molecule has 0 bridgehead atoms. The Labute approximate surface area is 93.9 Å². The fraction of sp³-hybridized carbons (Fsp3) is 0. The van der Waals surface area contributed by atoms with Crippen LogP contribution in [0.1, 0.15) is 0 Å². The normalized spacial score (nSPS) is 7.38. The second kappa shape index (κ2) is 9.36. The van der Waals surface area contributed by atoms with Gasteiger partial charge in [0.2, 0.25) is 0 Å². The smallest absolute Gasteiger partial charge is 0.303 e. The van der Waals surface area contributed by atoms with E-state index in [-0.39, 0.29) is 67.8 Å². The van der Waals surface area contributed by atoms with Crippen molar-refractivity contribution in [3.63, 3.8) is 0 Å². The van der Waals surface area contributed by atoms with Gasteiger partial charge < -0.3 is 14.7 Å². The molecule has 0 saturated carbocycles. The van der Waals surface area contributed by atoms with Crippen molar-refractivity contribution in [1.29, 1.82) is 0 Å². The van der Waals surface area contributed by atoms with Crippen LogP contribution in [-0.4, -0.2) is 60.8 Å². The first-order valence-electron chi connectivity index (χ1n) is 0.783. The second-order valence-electron chi connectivity index (χ2n) is 0.513. The fourth-order valence-corrected chi connectivity index (χ4v) is 0. The summed E-state index contributed by atoms with van der Waals surface area (Å²) >= 11 is 0. The molecule has 0 aromatic heterocycles. The molecular formula is H7Mg2O4PTi. The summed E-state index contributed by atoms with van der Waals surface area (Å²) in [4.78, 5) is 21.6. The van der Waals surface area contributed by atoms with Crippen LogP contribution in [0.2, 0.25) is 0 Å². The summed E-state index contributed by atoms with van der Waals surface area (Å²) in [6.45, 7) is 0. The molecule has 44 valence electrons. The third-order valence-corrected chi connectivity index (χ3v) is 0. The van der Waals surface area contributed by atoms with E-state index in [1.807, 2.05) is 0 Å². The summed E-state index contributed by atoms with van der Waals surface area (Å²) in [5.41, 5.74) is 0. The van der Waals surface area contributed by atoms with Gasteiger partial charge in [-0.25, -0.2) is 4.57 Å². The third kappa shape index (κ3) is 81.4. The van der Waals surface area contributed by atoms with E-state index in [9.17, 15) is 0 Å². The van der Waals surface area contributed by atoms with E-state index >= 15 is 0 Å². The van der Waals surface area contributed by atoms with Gasteiger partial charge in [-0.15, -0.1) is 0 Å². The van der Waals surface area contributed by atoms with Crippen molar-refractivity contribution < 1.29 is 41.0 Å². The number of hydrogen-bond acceptors (Lipinski definition) is 1. The molecule has 0 unspecified atom stereocenters. The Balaban J connectivity index is -0.0000000267. The predicted molar refractivity (Wildman–Crippen MR) is 31.4 cm³/mol. The third-order valence-electron chi connectivity index (χ3n) is 0. The summed E-state index contributed by atoms with van der Waals surface area (Å²) in [5, 5.41) is 0. The topological polar surface area (TPSA) is 77.8 Å². The SMILES string of the molecule is O=P(O)(O)O.[MgH2].[MgH2].[Ti]. The Morgan fingerprint density at radius 1 is 1.00 bits per heavy atom. The Hall–Kier alpha value is 2.36. The number of hydrogen-bond donors (Lipinski definition) is 3. The Bertz CT molecular complexity index is 60.2. The van der Waals surface area contributed by atoms with E-state index in [1.54, 1.807) is 0 Å². The van der Waals surface area contributed by atoms with E-state index in [0.29, 0.717) is 0 Å². The molecule has 0 aromatic carbocycles.